The van der Waals surface area contributed by atoms with Crippen molar-refractivity contribution in [1.29, 1.82) is 0 Å². The second kappa shape index (κ2) is 5.18. The Morgan fingerprint density at radius 2 is 2.22 bits per heavy atom. The Morgan fingerprint density at radius 3 is 3.06 bits per heavy atom. The lowest BCUT2D eigenvalue weighted by molar-refractivity contribution is 0.816. The third-order valence-electron chi connectivity index (χ3n) is 2.72. The number of anilines is 1. The van der Waals surface area contributed by atoms with Crippen molar-refractivity contribution >= 4 is 26.7 Å². The van der Waals surface area contributed by atoms with Gasteiger partial charge >= 0.3 is 0 Å². The summed E-state index contributed by atoms with van der Waals surface area (Å²) in [6.45, 7) is 0.917. The van der Waals surface area contributed by atoms with Crippen molar-refractivity contribution in [3.05, 3.63) is 42.5 Å². The molecule has 0 fully saturated rings. The normalized spacial score (nSPS) is 10.9. The molecule has 1 aromatic carbocycles. The molecule has 3 aromatic rings. The Labute approximate surface area is 109 Å². The van der Waals surface area contributed by atoms with E-state index in [1.165, 1.54) is 4.70 Å². The van der Waals surface area contributed by atoms with Crippen LogP contribution in [0.15, 0.2) is 36.7 Å². The molecular weight excluding hydrogens is 244 g/mol. The highest BCUT2D eigenvalue weighted by molar-refractivity contribution is 7.22. The minimum atomic E-state index is 0.917. The third kappa shape index (κ3) is 2.51. The molecule has 0 unspecified atom stereocenters. The lowest BCUT2D eigenvalue weighted by Crippen LogP contribution is -2.03. The first-order chi connectivity index (χ1) is 8.92. The molecule has 5 heteroatoms. The highest BCUT2D eigenvalue weighted by atomic mass is 32.1. The number of aromatic nitrogens is 3. The molecule has 0 aliphatic carbocycles. The van der Waals surface area contributed by atoms with E-state index in [1.807, 2.05) is 24.4 Å². The Kier molecular flexibility index (Phi) is 3.23. The predicted molar refractivity (Wildman–Crippen MR) is 75.0 cm³/mol. The number of rotatable bonds is 5. The number of H-pyrrole nitrogens is 1. The summed E-state index contributed by atoms with van der Waals surface area (Å²) in [5.41, 5.74) is 1.07. The zero-order valence-corrected chi connectivity index (χ0v) is 10.7. The van der Waals surface area contributed by atoms with Crippen molar-refractivity contribution < 1.29 is 0 Å². The average molecular weight is 258 g/mol. The lowest BCUT2D eigenvalue weighted by atomic mass is 10.3. The molecule has 2 heterocycles. The highest BCUT2D eigenvalue weighted by Gasteiger charge is 2.02. The lowest BCUT2D eigenvalue weighted by Gasteiger charge is -2.00. The molecule has 0 saturated heterocycles. The van der Waals surface area contributed by atoms with E-state index in [0.717, 1.165) is 35.9 Å². The molecule has 0 radical (unpaired) electrons. The van der Waals surface area contributed by atoms with Crippen LogP contribution < -0.4 is 5.32 Å². The van der Waals surface area contributed by atoms with Crippen LogP contribution in [0.2, 0.25) is 0 Å². The van der Waals surface area contributed by atoms with Gasteiger partial charge in [0.05, 0.1) is 10.2 Å². The Bertz CT molecular complexity index is 582. The number of nitrogens with one attached hydrogen (secondary N) is 2. The summed E-state index contributed by atoms with van der Waals surface area (Å²) in [7, 11) is 0. The first kappa shape index (κ1) is 11.2. The summed E-state index contributed by atoms with van der Waals surface area (Å²) in [5.74, 6) is 1.04. The molecule has 4 nitrogen and oxygen atoms in total. The Morgan fingerprint density at radius 1 is 1.28 bits per heavy atom. The van der Waals surface area contributed by atoms with Crippen molar-refractivity contribution in [3.63, 3.8) is 0 Å². The summed E-state index contributed by atoms with van der Waals surface area (Å²) in [5, 5.41) is 4.36. The van der Waals surface area contributed by atoms with Crippen LogP contribution in [0.25, 0.3) is 10.2 Å². The van der Waals surface area contributed by atoms with Gasteiger partial charge in [-0.2, -0.15) is 0 Å². The van der Waals surface area contributed by atoms with Crippen LogP contribution >= 0.6 is 11.3 Å². The predicted octanol–water partition coefficient (Wildman–Crippen LogP) is 3.06. The Hall–Kier alpha value is -1.88. The highest BCUT2D eigenvalue weighted by Crippen LogP contribution is 2.25. The zero-order chi connectivity index (χ0) is 12.2. The standard InChI is InChI=1S/C13H14N4S/c1-2-5-11-10(4-1)17-13(18-11)16-7-3-6-12-14-8-9-15-12/h1-2,4-5,8-9H,3,6-7H2,(H,14,15)(H,16,17). The van der Waals surface area contributed by atoms with Crippen molar-refractivity contribution in [2.45, 2.75) is 12.8 Å². The smallest absolute Gasteiger partial charge is 0.183 e. The molecule has 0 bridgehead atoms. The first-order valence-electron chi connectivity index (χ1n) is 5.99. The molecular formula is C13H14N4S. The number of hydrogen-bond acceptors (Lipinski definition) is 4. The van der Waals surface area contributed by atoms with Gasteiger partial charge in [-0.05, 0) is 18.6 Å². The topological polar surface area (TPSA) is 53.6 Å². The van der Waals surface area contributed by atoms with Crippen molar-refractivity contribution in [1.82, 2.24) is 15.0 Å². The van der Waals surface area contributed by atoms with Crippen LogP contribution in [0.3, 0.4) is 0 Å². The van der Waals surface area contributed by atoms with E-state index in [1.54, 1.807) is 17.5 Å². The first-order valence-corrected chi connectivity index (χ1v) is 6.81. The minimum Gasteiger partial charge on any atom is -0.361 e. The van der Waals surface area contributed by atoms with E-state index >= 15 is 0 Å². The molecule has 0 spiro atoms. The monoisotopic (exact) mass is 258 g/mol. The van der Waals surface area contributed by atoms with E-state index in [4.69, 9.17) is 0 Å². The van der Waals surface area contributed by atoms with Gasteiger partial charge in [0.1, 0.15) is 5.82 Å². The van der Waals surface area contributed by atoms with E-state index in [9.17, 15) is 0 Å². The van der Waals surface area contributed by atoms with Crippen LogP contribution in [-0.4, -0.2) is 21.5 Å². The average Bonchev–Trinajstić information content (AvgIpc) is 3.03. The fourth-order valence-electron chi connectivity index (χ4n) is 1.83. The molecule has 2 N–H and O–H groups in total. The number of aromatic amines is 1. The molecule has 2 aromatic heterocycles. The number of thiazole rings is 1. The van der Waals surface area contributed by atoms with Gasteiger partial charge in [-0.25, -0.2) is 9.97 Å². The SMILES string of the molecule is c1ccc2sc(NCCCc3ncc[nH]3)nc2c1. The van der Waals surface area contributed by atoms with Crippen LogP contribution in [-0.2, 0) is 6.42 Å². The fraction of sp³-hybridized carbons (Fsp3) is 0.231. The summed E-state index contributed by atoms with van der Waals surface area (Å²) in [6.07, 6.45) is 5.65. The number of aryl methyl sites for hydroxylation is 1. The van der Waals surface area contributed by atoms with Crippen molar-refractivity contribution in [2.24, 2.45) is 0 Å². The number of benzene rings is 1. The van der Waals surface area contributed by atoms with E-state index in [-0.39, 0.29) is 0 Å². The number of hydrogen-bond donors (Lipinski definition) is 2. The zero-order valence-electron chi connectivity index (χ0n) is 9.89. The summed E-state index contributed by atoms with van der Waals surface area (Å²) >= 11 is 1.70. The molecule has 18 heavy (non-hydrogen) atoms. The summed E-state index contributed by atoms with van der Waals surface area (Å²) < 4.78 is 1.23. The maximum absolute atomic E-state index is 4.53. The molecule has 0 atom stereocenters. The van der Waals surface area contributed by atoms with Gasteiger partial charge in [-0.1, -0.05) is 23.5 Å². The molecule has 0 saturated carbocycles. The van der Waals surface area contributed by atoms with E-state index < -0.39 is 0 Å². The molecule has 0 aliphatic rings. The van der Waals surface area contributed by atoms with Gasteiger partial charge in [0.15, 0.2) is 5.13 Å². The minimum absolute atomic E-state index is 0.917. The van der Waals surface area contributed by atoms with Crippen LogP contribution in [0.1, 0.15) is 12.2 Å². The maximum atomic E-state index is 4.53. The molecule has 0 aliphatic heterocycles. The van der Waals surface area contributed by atoms with Gasteiger partial charge in [0.25, 0.3) is 0 Å². The summed E-state index contributed by atoms with van der Waals surface area (Å²) in [4.78, 5) is 11.8. The second-order valence-corrected chi connectivity index (χ2v) is 5.08. The van der Waals surface area contributed by atoms with Gasteiger partial charge in [-0.15, -0.1) is 0 Å². The van der Waals surface area contributed by atoms with Gasteiger partial charge in [0.2, 0.25) is 0 Å². The molecule has 0 amide bonds. The largest absolute Gasteiger partial charge is 0.361 e. The van der Waals surface area contributed by atoms with Crippen LogP contribution in [0.5, 0.6) is 0 Å². The van der Waals surface area contributed by atoms with E-state index in [2.05, 4.69) is 26.3 Å². The number of imidazole rings is 1. The van der Waals surface area contributed by atoms with Crippen LogP contribution in [0, 0.1) is 0 Å². The molecule has 92 valence electrons. The number of fused-ring (bicyclic) bond motifs is 1. The number of nitrogens with zero attached hydrogens (tertiary/aromatic N) is 2. The van der Waals surface area contributed by atoms with Gasteiger partial charge in [-0.3, -0.25) is 0 Å². The third-order valence-corrected chi connectivity index (χ3v) is 3.71. The molecule has 3 rings (SSSR count). The second-order valence-electron chi connectivity index (χ2n) is 4.05. The van der Waals surface area contributed by atoms with Gasteiger partial charge in [0, 0.05) is 25.4 Å². The van der Waals surface area contributed by atoms with E-state index in [0.29, 0.717) is 0 Å². The number of para-hydroxylation sites is 1. The van der Waals surface area contributed by atoms with Crippen LogP contribution in [0.4, 0.5) is 5.13 Å². The fourth-order valence-corrected chi connectivity index (χ4v) is 2.73. The quantitative estimate of drug-likeness (QED) is 0.691. The Balaban J connectivity index is 1.53. The van der Waals surface area contributed by atoms with Crippen molar-refractivity contribution in [2.75, 3.05) is 11.9 Å². The van der Waals surface area contributed by atoms with Gasteiger partial charge < -0.3 is 10.3 Å². The van der Waals surface area contributed by atoms with Crippen molar-refractivity contribution in [3.8, 4) is 0 Å². The summed E-state index contributed by atoms with van der Waals surface area (Å²) in [6, 6.07) is 8.20. The maximum Gasteiger partial charge on any atom is 0.183 e.